The molecule has 0 saturated carbocycles. The molecule has 0 spiro atoms. The zero-order valence-corrected chi connectivity index (χ0v) is 24.9. The molecule has 0 aromatic heterocycles. The quantitative estimate of drug-likeness (QED) is 0.285. The lowest BCUT2D eigenvalue weighted by Crippen LogP contribution is -2.53. The molecule has 1 N–H and O–H groups in total. The molecule has 0 aliphatic heterocycles. The van der Waals surface area contributed by atoms with Crippen LogP contribution in [-0.4, -0.2) is 50.3 Å². The van der Waals surface area contributed by atoms with Gasteiger partial charge in [-0.3, -0.25) is 13.9 Å². The molecule has 2 amide bonds. The van der Waals surface area contributed by atoms with E-state index in [0.29, 0.717) is 12.1 Å². The zero-order chi connectivity index (χ0) is 27.7. The van der Waals surface area contributed by atoms with Gasteiger partial charge in [-0.05, 0) is 91.2 Å². The molecule has 0 radical (unpaired) electrons. The van der Waals surface area contributed by atoms with Crippen LogP contribution in [0.15, 0.2) is 89.8 Å². The molecule has 0 unspecified atom stereocenters. The van der Waals surface area contributed by atoms with Crippen LogP contribution in [0, 0.1) is 3.57 Å². The Balaban J connectivity index is 1.95. The second kappa shape index (κ2) is 13.7. The van der Waals surface area contributed by atoms with E-state index < -0.39 is 28.5 Å². The van der Waals surface area contributed by atoms with Gasteiger partial charge in [0.15, 0.2) is 0 Å². The van der Waals surface area contributed by atoms with Crippen molar-refractivity contribution in [2.24, 2.45) is 0 Å². The van der Waals surface area contributed by atoms with Gasteiger partial charge in [0.2, 0.25) is 11.8 Å². The number of amides is 2. The van der Waals surface area contributed by atoms with Crippen molar-refractivity contribution in [1.29, 1.82) is 0 Å². The molecule has 3 aromatic carbocycles. The first-order chi connectivity index (χ1) is 18.1. The zero-order valence-electron chi connectivity index (χ0n) is 21.9. The number of anilines is 1. The maximum Gasteiger partial charge on any atom is 0.264 e. The van der Waals surface area contributed by atoms with E-state index in [2.05, 4.69) is 27.9 Å². The van der Waals surface area contributed by atoms with E-state index in [0.717, 1.165) is 19.9 Å². The van der Waals surface area contributed by atoms with Crippen LogP contribution in [0.4, 0.5) is 5.69 Å². The molecule has 0 heterocycles. The van der Waals surface area contributed by atoms with Gasteiger partial charge in [0.05, 0.1) is 10.6 Å². The van der Waals surface area contributed by atoms with Gasteiger partial charge in [-0.1, -0.05) is 55.5 Å². The maximum absolute atomic E-state index is 13.8. The van der Waals surface area contributed by atoms with Crippen LogP contribution in [0.5, 0.6) is 0 Å². The first kappa shape index (κ1) is 29.6. The minimum atomic E-state index is -4.05. The van der Waals surface area contributed by atoms with E-state index >= 15 is 0 Å². The van der Waals surface area contributed by atoms with Gasteiger partial charge < -0.3 is 10.2 Å². The number of halogens is 1. The summed E-state index contributed by atoms with van der Waals surface area (Å²) in [6.07, 6.45) is 1.29. The third-order valence-electron chi connectivity index (χ3n) is 6.38. The molecule has 0 aliphatic rings. The van der Waals surface area contributed by atoms with Gasteiger partial charge in [0.1, 0.15) is 12.6 Å². The standard InChI is InChI=1S/C29H34IN3O4S/c1-4-22(2)31-29(35)23(3)32(20-19-24-11-7-5-8-12-24)28(34)21-33(26-17-15-25(30)16-18-26)38(36,37)27-13-9-6-10-14-27/h5-18,22-23H,4,19-21H2,1-3H3,(H,31,35)/t22-,23+/m0/s1. The van der Waals surface area contributed by atoms with E-state index in [9.17, 15) is 18.0 Å². The lowest BCUT2D eigenvalue weighted by molar-refractivity contribution is -0.139. The number of hydrogen-bond donors (Lipinski definition) is 1. The number of nitrogens with one attached hydrogen (secondary N) is 1. The van der Waals surface area contributed by atoms with Gasteiger partial charge in [-0.25, -0.2) is 8.42 Å². The van der Waals surface area contributed by atoms with Crippen LogP contribution in [0.25, 0.3) is 0 Å². The molecule has 38 heavy (non-hydrogen) atoms. The summed E-state index contributed by atoms with van der Waals surface area (Å²) in [6, 6.07) is 23.9. The Morgan fingerprint density at radius 3 is 2.05 bits per heavy atom. The molecule has 3 rings (SSSR count). The number of nitrogens with zero attached hydrogens (tertiary/aromatic N) is 2. The van der Waals surface area contributed by atoms with Crippen molar-refractivity contribution in [3.63, 3.8) is 0 Å². The van der Waals surface area contributed by atoms with E-state index in [-0.39, 0.29) is 23.4 Å². The first-order valence-electron chi connectivity index (χ1n) is 12.6. The Bertz CT molecular complexity index is 1300. The molecule has 7 nitrogen and oxygen atoms in total. The second-order valence-electron chi connectivity index (χ2n) is 9.12. The van der Waals surface area contributed by atoms with Crippen molar-refractivity contribution in [2.75, 3.05) is 17.4 Å². The van der Waals surface area contributed by atoms with Gasteiger partial charge in [0.25, 0.3) is 10.0 Å². The van der Waals surface area contributed by atoms with E-state index in [1.54, 1.807) is 49.4 Å². The Morgan fingerprint density at radius 2 is 1.47 bits per heavy atom. The van der Waals surface area contributed by atoms with Crippen LogP contribution >= 0.6 is 22.6 Å². The minimum absolute atomic E-state index is 0.0437. The molecule has 0 saturated heterocycles. The molecule has 0 bridgehead atoms. The van der Waals surface area contributed by atoms with Crippen molar-refractivity contribution in [2.45, 2.75) is 50.6 Å². The van der Waals surface area contributed by atoms with Crippen molar-refractivity contribution >= 4 is 50.1 Å². The lowest BCUT2D eigenvalue weighted by atomic mass is 10.1. The lowest BCUT2D eigenvalue weighted by Gasteiger charge is -2.32. The Labute approximate surface area is 239 Å². The number of carbonyl (C=O) groups excluding carboxylic acids is 2. The van der Waals surface area contributed by atoms with Crippen molar-refractivity contribution in [3.05, 3.63) is 94.1 Å². The molecular formula is C29H34IN3O4S. The van der Waals surface area contributed by atoms with Crippen molar-refractivity contribution < 1.29 is 18.0 Å². The number of benzene rings is 3. The molecular weight excluding hydrogens is 613 g/mol. The summed E-state index contributed by atoms with van der Waals surface area (Å²) in [7, 11) is -4.05. The number of hydrogen-bond acceptors (Lipinski definition) is 4. The fourth-order valence-corrected chi connectivity index (χ4v) is 5.69. The van der Waals surface area contributed by atoms with Crippen LogP contribution < -0.4 is 9.62 Å². The smallest absolute Gasteiger partial charge is 0.264 e. The fraction of sp³-hybridized carbons (Fsp3) is 0.310. The average Bonchev–Trinajstić information content (AvgIpc) is 2.93. The highest BCUT2D eigenvalue weighted by Crippen LogP contribution is 2.25. The van der Waals surface area contributed by atoms with Gasteiger partial charge in [-0.15, -0.1) is 0 Å². The number of carbonyl (C=O) groups is 2. The summed E-state index contributed by atoms with van der Waals surface area (Å²) < 4.78 is 29.5. The summed E-state index contributed by atoms with van der Waals surface area (Å²) in [4.78, 5) is 28.4. The van der Waals surface area contributed by atoms with Gasteiger partial charge >= 0.3 is 0 Å². The number of rotatable bonds is 12. The van der Waals surface area contributed by atoms with Crippen molar-refractivity contribution in [3.8, 4) is 0 Å². The highest BCUT2D eigenvalue weighted by Gasteiger charge is 2.32. The van der Waals surface area contributed by atoms with E-state index in [1.807, 2.05) is 44.2 Å². The van der Waals surface area contributed by atoms with Gasteiger partial charge in [-0.2, -0.15) is 0 Å². The number of sulfonamides is 1. The van der Waals surface area contributed by atoms with Crippen LogP contribution in [0.1, 0.15) is 32.8 Å². The maximum atomic E-state index is 13.8. The molecule has 202 valence electrons. The predicted octanol–water partition coefficient (Wildman–Crippen LogP) is 4.86. The summed E-state index contributed by atoms with van der Waals surface area (Å²) in [5.41, 5.74) is 1.40. The SMILES string of the molecule is CC[C@H](C)NC(=O)[C@@H](C)N(CCc1ccccc1)C(=O)CN(c1ccc(I)cc1)S(=O)(=O)c1ccccc1. The minimum Gasteiger partial charge on any atom is -0.352 e. The first-order valence-corrected chi connectivity index (χ1v) is 15.1. The molecule has 2 atom stereocenters. The van der Waals surface area contributed by atoms with Gasteiger partial charge in [0, 0.05) is 16.2 Å². The predicted molar refractivity (Wildman–Crippen MR) is 159 cm³/mol. The monoisotopic (exact) mass is 647 g/mol. The largest absolute Gasteiger partial charge is 0.352 e. The Hall–Kier alpha value is -2.92. The molecule has 0 fully saturated rings. The highest BCUT2D eigenvalue weighted by molar-refractivity contribution is 14.1. The van der Waals surface area contributed by atoms with Crippen molar-refractivity contribution in [1.82, 2.24) is 10.2 Å². The van der Waals surface area contributed by atoms with E-state index in [4.69, 9.17) is 0 Å². The topological polar surface area (TPSA) is 86.8 Å². The summed E-state index contributed by atoms with van der Waals surface area (Å²) in [5.74, 6) is -0.724. The molecule has 0 aliphatic carbocycles. The average molecular weight is 648 g/mol. The summed E-state index contributed by atoms with van der Waals surface area (Å²) in [5, 5.41) is 2.94. The molecule has 3 aromatic rings. The summed E-state index contributed by atoms with van der Waals surface area (Å²) >= 11 is 2.15. The Kier molecular flexibility index (Phi) is 10.7. The second-order valence-corrected chi connectivity index (χ2v) is 12.2. The summed E-state index contributed by atoms with van der Waals surface area (Å²) in [6.45, 7) is 5.39. The normalized spacial score (nSPS) is 12.8. The van der Waals surface area contributed by atoms with Crippen LogP contribution in [0.3, 0.4) is 0 Å². The van der Waals surface area contributed by atoms with Crippen LogP contribution in [0.2, 0.25) is 0 Å². The molecule has 9 heteroatoms. The fourth-order valence-electron chi connectivity index (χ4n) is 3.89. The third-order valence-corrected chi connectivity index (χ3v) is 8.88. The third kappa shape index (κ3) is 7.80. The van der Waals surface area contributed by atoms with E-state index in [1.165, 1.54) is 17.0 Å². The van der Waals surface area contributed by atoms with Crippen LogP contribution in [-0.2, 0) is 26.0 Å². The Morgan fingerprint density at radius 1 is 0.895 bits per heavy atom. The highest BCUT2D eigenvalue weighted by atomic mass is 127.